The van der Waals surface area contributed by atoms with Crippen LogP contribution in [0.25, 0.3) is 0 Å². The van der Waals surface area contributed by atoms with E-state index in [0.29, 0.717) is 18.0 Å². The molecule has 0 bridgehead atoms. The molecule has 17 heavy (non-hydrogen) atoms. The fraction of sp³-hybridized carbons (Fsp3) is 0.455. The number of aryl methyl sites for hydroxylation is 1. The molecule has 3 N–H and O–H groups in total. The number of nitrogens with one attached hydrogen (secondary N) is 1. The van der Waals surface area contributed by atoms with Crippen LogP contribution >= 0.6 is 0 Å². The van der Waals surface area contributed by atoms with E-state index in [1.807, 2.05) is 13.8 Å². The number of nitrogen functional groups attached to an aromatic ring is 1. The molecule has 1 aromatic rings. The van der Waals surface area contributed by atoms with Gasteiger partial charge in [-0.2, -0.15) is 0 Å². The van der Waals surface area contributed by atoms with Gasteiger partial charge in [0, 0.05) is 12.3 Å². The smallest absolute Gasteiger partial charge is 0.235 e. The number of anilines is 2. The molecule has 0 spiro atoms. The Morgan fingerprint density at radius 3 is 2.71 bits per heavy atom. The van der Waals surface area contributed by atoms with E-state index in [4.69, 9.17) is 10.5 Å². The molecular formula is C11H18N2O3S. The van der Waals surface area contributed by atoms with E-state index in [2.05, 4.69) is 4.72 Å². The average molecular weight is 258 g/mol. The van der Waals surface area contributed by atoms with Crippen LogP contribution in [0.2, 0.25) is 0 Å². The minimum Gasteiger partial charge on any atom is -0.398 e. The quantitative estimate of drug-likeness (QED) is 0.596. The van der Waals surface area contributed by atoms with Gasteiger partial charge in [0.25, 0.3) is 0 Å². The van der Waals surface area contributed by atoms with E-state index >= 15 is 0 Å². The van der Waals surface area contributed by atoms with Crippen LogP contribution in [0.3, 0.4) is 0 Å². The molecule has 0 heterocycles. The lowest BCUT2D eigenvalue weighted by atomic mass is 10.2. The largest absolute Gasteiger partial charge is 0.398 e. The topological polar surface area (TPSA) is 81.4 Å². The molecule has 0 radical (unpaired) electrons. The van der Waals surface area contributed by atoms with Gasteiger partial charge in [-0.25, -0.2) is 8.42 Å². The van der Waals surface area contributed by atoms with Crippen molar-refractivity contribution in [1.82, 2.24) is 0 Å². The number of ether oxygens (including phenoxy) is 1. The lowest BCUT2D eigenvalue weighted by Gasteiger charge is -2.09. The lowest BCUT2D eigenvalue weighted by Crippen LogP contribution is -2.20. The third kappa shape index (κ3) is 4.62. The predicted octanol–water partition coefficient (Wildman–Crippen LogP) is 1.36. The van der Waals surface area contributed by atoms with Crippen molar-refractivity contribution in [2.75, 3.05) is 29.4 Å². The first-order valence-electron chi connectivity index (χ1n) is 5.39. The summed E-state index contributed by atoms with van der Waals surface area (Å²) in [5.41, 5.74) is 7.66. The Kier molecular flexibility index (Phi) is 4.77. The molecule has 0 aliphatic carbocycles. The first kappa shape index (κ1) is 13.8. The fourth-order valence-electron chi connectivity index (χ4n) is 1.25. The molecule has 0 aromatic heterocycles. The van der Waals surface area contributed by atoms with Crippen molar-refractivity contribution in [1.29, 1.82) is 0 Å². The summed E-state index contributed by atoms with van der Waals surface area (Å²) in [6, 6.07) is 5.06. The Hall–Kier alpha value is -1.27. The average Bonchev–Trinajstić information content (AvgIpc) is 2.23. The van der Waals surface area contributed by atoms with Crippen molar-refractivity contribution in [3.63, 3.8) is 0 Å². The second kappa shape index (κ2) is 5.88. The molecule has 1 rings (SSSR count). The highest BCUT2D eigenvalue weighted by atomic mass is 32.2. The maximum Gasteiger partial charge on any atom is 0.235 e. The van der Waals surface area contributed by atoms with Gasteiger partial charge in [0.1, 0.15) is 0 Å². The summed E-state index contributed by atoms with van der Waals surface area (Å²) >= 11 is 0. The van der Waals surface area contributed by atoms with E-state index < -0.39 is 10.0 Å². The molecule has 0 fully saturated rings. The van der Waals surface area contributed by atoms with Gasteiger partial charge in [-0.3, -0.25) is 4.72 Å². The maximum absolute atomic E-state index is 11.6. The Morgan fingerprint density at radius 1 is 1.41 bits per heavy atom. The zero-order valence-electron chi connectivity index (χ0n) is 10.1. The van der Waals surface area contributed by atoms with Crippen molar-refractivity contribution >= 4 is 21.4 Å². The highest BCUT2D eigenvalue weighted by molar-refractivity contribution is 7.92. The van der Waals surface area contributed by atoms with Crippen LogP contribution in [-0.4, -0.2) is 27.4 Å². The van der Waals surface area contributed by atoms with E-state index in [-0.39, 0.29) is 12.4 Å². The summed E-state index contributed by atoms with van der Waals surface area (Å²) in [6.07, 6.45) is 0. The van der Waals surface area contributed by atoms with Gasteiger partial charge in [-0.05, 0) is 31.5 Å². The van der Waals surface area contributed by atoms with Gasteiger partial charge in [-0.15, -0.1) is 0 Å². The number of benzene rings is 1. The maximum atomic E-state index is 11.6. The number of hydrogen-bond acceptors (Lipinski definition) is 4. The summed E-state index contributed by atoms with van der Waals surface area (Å²) in [7, 11) is -3.37. The second-order valence-corrected chi connectivity index (χ2v) is 5.53. The van der Waals surface area contributed by atoms with Gasteiger partial charge >= 0.3 is 0 Å². The van der Waals surface area contributed by atoms with Crippen LogP contribution < -0.4 is 10.5 Å². The van der Waals surface area contributed by atoms with Crippen molar-refractivity contribution < 1.29 is 13.2 Å². The van der Waals surface area contributed by atoms with Crippen molar-refractivity contribution in [3.05, 3.63) is 23.8 Å². The molecule has 0 aliphatic heterocycles. The molecule has 1 aromatic carbocycles. The molecule has 6 heteroatoms. The SMILES string of the molecule is CCOCCS(=O)(=O)Nc1ccc(C)c(N)c1. The molecule has 5 nitrogen and oxygen atoms in total. The van der Waals surface area contributed by atoms with E-state index in [9.17, 15) is 8.42 Å². The lowest BCUT2D eigenvalue weighted by molar-refractivity contribution is 0.163. The van der Waals surface area contributed by atoms with Crippen LogP contribution in [0.4, 0.5) is 11.4 Å². The van der Waals surface area contributed by atoms with E-state index in [1.165, 1.54) is 0 Å². The zero-order chi connectivity index (χ0) is 12.9. The number of nitrogens with two attached hydrogens (primary N) is 1. The van der Waals surface area contributed by atoms with E-state index in [1.54, 1.807) is 18.2 Å². The highest BCUT2D eigenvalue weighted by Gasteiger charge is 2.10. The van der Waals surface area contributed by atoms with Gasteiger partial charge in [0.2, 0.25) is 10.0 Å². The van der Waals surface area contributed by atoms with Gasteiger partial charge < -0.3 is 10.5 Å². The molecule has 0 amide bonds. The summed E-state index contributed by atoms with van der Waals surface area (Å²) in [5.74, 6) is -0.0609. The minimum absolute atomic E-state index is 0.0609. The van der Waals surface area contributed by atoms with E-state index in [0.717, 1.165) is 5.56 Å². The summed E-state index contributed by atoms with van der Waals surface area (Å²) in [5, 5.41) is 0. The molecule has 0 atom stereocenters. The minimum atomic E-state index is -3.37. The third-order valence-corrected chi connectivity index (χ3v) is 3.50. The zero-order valence-corrected chi connectivity index (χ0v) is 10.9. The number of rotatable bonds is 6. The first-order chi connectivity index (χ1) is 7.94. The second-order valence-electron chi connectivity index (χ2n) is 3.69. The molecular weight excluding hydrogens is 240 g/mol. The molecule has 0 saturated carbocycles. The summed E-state index contributed by atoms with van der Waals surface area (Å²) < 4.78 is 30.7. The highest BCUT2D eigenvalue weighted by Crippen LogP contribution is 2.17. The van der Waals surface area contributed by atoms with Gasteiger partial charge in [0.15, 0.2) is 0 Å². The fourth-order valence-corrected chi connectivity index (χ4v) is 2.17. The van der Waals surface area contributed by atoms with Crippen LogP contribution in [0, 0.1) is 6.92 Å². The standard InChI is InChI=1S/C11H18N2O3S/c1-3-16-6-7-17(14,15)13-10-5-4-9(2)11(12)8-10/h4-5,8,13H,3,6-7,12H2,1-2H3. The van der Waals surface area contributed by atoms with Crippen molar-refractivity contribution in [3.8, 4) is 0 Å². The van der Waals surface area contributed by atoms with Crippen LogP contribution in [0.1, 0.15) is 12.5 Å². The first-order valence-corrected chi connectivity index (χ1v) is 7.04. The Bertz CT molecular complexity index is 472. The van der Waals surface area contributed by atoms with Crippen molar-refractivity contribution in [2.45, 2.75) is 13.8 Å². The van der Waals surface area contributed by atoms with Crippen LogP contribution in [0.15, 0.2) is 18.2 Å². The third-order valence-electron chi connectivity index (χ3n) is 2.25. The molecule has 0 saturated heterocycles. The molecule has 0 unspecified atom stereocenters. The Labute approximate surface area is 102 Å². The van der Waals surface area contributed by atoms with Crippen molar-refractivity contribution in [2.24, 2.45) is 0 Å². The van der Waals surface area contributed by atoms with Gasteiger partial charge in [0.05, 0.1) is 18.0 Å². The number of hydrogen-bond donors (Lipinski definition) is 2. The van der Waals surface area contributed by atoms with Crippen LogP contribution in [-0.2, 0) is 14.8 Å². The number of sulfonamides is 1. The van der Waals surface area contributed by atoms with Crippen LogP contribution in [0.5, 0.6) is 0 Å². The van der Waals surface area contributed by atoms with Gasteiger partial charge in [-0.1, -0.05) is 6.07 Å². The summed E-state index contributed by atoms with van der Waals surface area (Å²) in [4.78, 5) is 0. The molecule has 0 aliphatic rings. The Balaban J connectivity index is 2.66. The monoisotopic (exact) mass is 258 g/mol. The normalized spacial score (nSPS) is 11.4. The summed E-state index contributed by atoms with van der Waals surface area (Å²) in [6.45, 7) is 4.38. The molecule has 96 valence electrons. The Morgan fingerprint density at radius 2 is 2.12 bits per heavy atom. The predicted molar refractivity (Wildman–Crippen MR) is 69.5 cm³/mol.